The molecule has 156 valence electrons. The quantitative estimate of drug-likeness (QED) is 0.647. The monoisotopic (exact) mass is 405 g/mol. The number of H-pyrrole nitrogens is 1. The SMILES string of the molecule is COc1cc([C@@H]2Nc3ccc4[nH]ncc4c3[C@H]3C4CCC(C4)[C@@H]23)cc(OC)c1OC. The highest BCUT2D eigenvalue weighted by Crippen LogP contribution is 2.64. The average molecular weight is 405 g/mol. The lowest BCUT2D eigenvalue weighted by Crippen LogP contribution is -2.35. The summed E-state index contributed by atoms with van der Waals surface area (Å²) in [7, 11) is 5.01. The Hall–Kier alpha value is -2.89. The molecule has 1 aliphatic heterocycles. The molecular weight excluding hydrogens is 378 g/mol. The molecule has 6 heteroatoms. The summed E-state index contributed by atoms with van der Waals surface area (Å²) < 4.78 is 16.9. The van der Waals surface area contributed by atoms with Crippen molar-refractivity contribution in [2.45, 2.75) is 31.2 Å². The van der Waals surface area contributed by atoms with Crippen molar-refractivity contribution < 1.29 is 14.2 Å². The van der Waals surface area contributed by atoms with Gasteiger partial charge < -0.3 is 19.5 Å². The standard InChI is InChI=1S/C24H27N3O3/c1-28-18-9-14(10-19(29-2)24(18)30-3)23-21-13-5-4-12(8-13)20(21)22-15-11-25-27-16(15)6-7-17(22)26-23/h6-7,9-13,20-21,23,26H,4-5,8H2,1-3H3,(H,25,27)/t12?,13?,20-,21+,23-/m0/s1. The Bertz CT molecular complexity index is 1100. The van der Waals surface area contributed by atoms with Crippen molar-refractivity contribution in [1.82, 2.24) is 10.2 Å². The van der Waals surface area contributed by atoms with E-state index in [-0.39, 0.29) is 6.04 Å². The predicted molar refractivity (Wildman–Crippen MR) is 116 cm³/mol. The van der Waals surface area contributed by atoms with Gasteiger partial charge in [-0.3, -0.25) is 5.10 Å². The van der Waals surface area contributed by atoms with Crippen LogP contribution in [0.4, 0.5) is 5.69 Å². The predicted octanol–water partition coefficient (Wildman–Crippen LogP) is 4.89. The van der Waals surface area contributed by atoms with E-state index in [0.717, 1.165) is 17.4 Å². The van der Waals surface area contributed by atoms with E-state index in [4.69, 9.17) is 14.2 Å². The molecule has 5 atom stereocenters. The second-order valence-corrected chi connectivity index (χ2v) is 8.88. The van der Waals surface area contributed by atoms with Crippen molar-refractivity contribution in [2.75, 3.05) is 26.6 Å². The third-order valence-corrected chi connectivity index (χ3v) is 7.72. The van der Waals surface area contributed by atoms with Crippen molar-refractivity contribution in [3.63, 3.8) is 0 Å². The van der Waals surface area contributed by atoms with Gasteiger partial charge in [-0.1, -0.05) is 0 Å². The van der Waals surface area contributed by atoms with Crippen LogP contribution in [-0.2, 0) is 0 Å². The molecule has 2 fully saturated rings. The molecule has 6 nitrogen and oxygen atoms in total. The summed E-state index contributed by atoms with van der Waals surface area (Å²) in [4.78, 5) is 0. The maximum absolute atomic E-state index is 5.66. The second kappa shape index (κ2) is 6.56. The maximum atomic E-state index is 5.66. The van der Waals surface area contributed by atoms with Crippen LogP contribution >= 0.6 is 0 Å². The van der Waals surface area contributed by atoms with E-state index in [1.165, 1.54) is 41.5 Å². The molecule has 2 bridgehead atoms. The van der Waals surface area contributed by atoms with E-state index in [1.807, 2.05) is 6.20 Å². The fraction of sp³-hybridized carbons (Fsp3) is 0.458. The van der Waals surface area contributed by atoms with Crippen LogP contribution in [0.2, 0.25) is 0 Å². The summed E-state index contributed by atoms with van der Waals surface area (Å²) in [6.07, 6.45) is 5.98. The van der Waals surface area contributed by atoms with E-state index in [2.05, 4.69) is 39.8 Å². The first-order chi connectivity index (χ1) is 14.7. The lowest BCUT2D eigenvalue weighted by atomic mass is 9.67. The first-order valence-electron chi connectivity index (χ1n) is 10.8. The fourth-order valence-electron chi connectivity index (χ4n) is 6.62. The highest BCUT2D eigenvalue weighted by molar-refractivity contribution is 5.88. The van der Waals surface area contributed by atoms with Gasteiger partial charge in [-0.05, 0) is 78.3 Å². The molecule has 0 radical (unpaired) electrons. The molecule has 2 aromatic carbocycles. The first kappa shape index (κ1) is 17.9. The zero-order chi connectivity index (χ0) is 20.4. The smallest absolute Gasteiger partial charge is 0.203 e. The Balaban J connectivity index is 1.53. The molecule has 30 heavy (non-hydrogen) atoms. The lowest BCUT2D eigenvalue weighted by molar-refractivity contribution is 0.247. The number of aromatic amines is 1. The van der Waals surface area contributed by atoms with Gasteiger partial charge in [-0.15, -0.1) is 0 Å². The molecule has 3 aromatic rings. The van der Waals surface area contributed by atoms with Crippen LogP contribution in [0.25, 0.3) is 10.9 Å². The normalized spacial score (nSPS) is 28.7. The van der Waals surface area contributed by atoms with Crippen LogP contribution in [-0.4, -0.2) is 31.5 Å². The van der Waals surface area contributed by atoms with E-state index < -0.39 is 0 Å². The maximum Gasteiger partial charge on any atom is 0.203 e. The Morgan fingerprint density at radius 2 is 1.73 bits per heavy atom. The average Bonchev–Trinajstić information content (AvgIpc) is 3.53. The molecular formula is C24H27N3O3. The second-order valence-electron chi connectivity index (χ2n) is 8.88. The molecule has 2 N–H and O–H groups in total. The summed E-state index contributed by atoms with van der Waals surface area (Å²) >= 11 is 0. The van der Waals surface area contributed by atoms with E-state index in [9.17, 15) is 0 Å². The summed E-state index contributed by atoms with van der Waals surface area (Å²) in [6, 6.07) is 8.79. The van der Waals surface area contributed by atoms with Crippen LogP contribution < -0.4 is 19.5 Å². The summed E-state index contributed by atoms with van der Waals surface area (Å²) in [5, 5.41) is 12.6. The first-order valence-corrected chi connectivity index (χ1v) is 10.8. The molecule has 3 aliphatic rings. The molecule has 2 saturated carbocycles. The van der Waals surface area contributed by atoms with Crippen molar-refractivity contribution in [1.29, 1.82) is 0 Å². The summed E-state index contributed by atoms with van der Waals surface area (Å²) in [5.41, 5.74) is 5.02. The van der Waals surface area contributed by atoms with Gasteiger partial charge in [-0.2, -0.15) is 5.10 Å². The topological polar surface area (TPSA) is 68.4 Å². The van der Waals surface area contributed by atoms with Gasteiger partial charge >= 0.3 is 0 Å². The molecule has 0 saturated heterocycles. The number of aromatic nitrogens is 2. The van der Waals surface area contributed by atoms with E-state index in [1.54, 1.807) is 21.3 Å². The van der Waals surface area contributed by atoms with Gasteiger partial charge in [0.2, 0.25) is 5.75 Å². The van der Waals surface area contributed by atoms with Crippen molar-refractivity contribution in [3.8, 4) is 17.2 Å². The van der Waals surface area contributed by atoms with E-state index in [0.29, 0.717) is 29.1 Å². The van der Waals surface area contributed by atoms with E-state index >= 15 is 0 Å². The Kier molecular flexibility index (Phi) is 3.92. The number of hydrogen-bond acceptors (Lipinski definition) is 5. The molecule has 0 amide bonds. The minimum Gasteiger partial charge on any atom is -0.493 e. The minimum atomic E-state index is 0.218. The lowest BCUT2D eigenvalue weighted by Gasteiger charge is -2.44. The van der Waals surface area contributed by atoms with Crippen molar-refractivity contribution in [3.05, 3.63) is 41.6 Å². The van der Waals surface area contributed by atoms with Crippen molar-refractivity contribution >= 4 is 16.6 Å². The Morgan fingerprint density at radius 3 is 2.47 bits per heavy atom. The number of methoxy groups -OCH3 is 3. The van der Waals surface area contributed by atoms with Crippen LogP contribution in [0.5, 0.6) is 17.2 Å². The molecule has 2 heterocycles. The molecule has 2 aliphatic carbocycles. The number of nitrogens with zero attached hydrogens (tertiary/aromatic N) is 1. The number of anilines is 1. The van der Waals surface area contributed by atoms with Gasteiger partial charge in [0.15, 0.2) is 11.5 Å². The summed E-state index contributed by atoms with van der Waals surface area (Å²) in [5.74, 6) is 4.68. The third-order valence-electron chi connectivity index (χ3n) is 7.72. The van der Waals surface area contributed by atoms with Gasteiger partial charge in [0.05, 0.1) is 39.1 Å². The van der Waals surface area contributed by atoms with Gasteiger partial charge in [0.25, 0.3) is 0 Å². The highest BCUT2D eigenvalue weighted by atomic mass is 16.5. The third kappa shape index (κ3) is 2.33. The van der Waals surface area contributed by atoms with Crippen molar-refractivity contribution in [2.24, 2.45) is 17.8 Å². The largest absolute Gasteiger partial charge is 0.493 e. The number of benzene rings is 2. The minimum absolute atomic E-state index is 0.218. The van der Waals surface area contributed by atoms with Gasteiger partial charge in [-0.25, -0.2) is 0 Å². The Morgan fingerprint density at radius 1 is 0.967 bits per heavy atom. The van der Waals surface area contributed by atoms with Crippen LogP contribution in [0.1, 0.15) is 42.3 Å². The zero-order valence-electron chi connectivity index (χ0n) is 17.6. The van der Waals surface area contributed by atoms with Gasteiger partial charge in [0.1, 0.15) is 0 Å². The van der Waals surface area contributed by atoms with Crippen LogP contribution in [0.15, 0.2) is 30.5 Å². The number of hydrogen-bond donors (Lipinski definition) is 2. The number of rotatable bonds is 4. The molecule has 1 aromatic heterocycles. The highest BCUT2D eigenvalue weighted by Gasteiger charge is 2.54. The number of nitrogens with one attached hydrogen (secondary N) is 2. The fourth-order valence-corrected chi connectivity index (χ4v) is 6.62. The zero-order valence-corrected chi connectivity index (χ0v) is 17.6. The van der Waals surface area contributed by atoms with Crippen LogP contribution in [0.3, 0.4) is 0 Å². The van der Waals surface area contributed by atoms with Crippen LogP contribution in [0, 0.1) is 17.8 Å². The number of ether oxygens (including phenoxy) is 3. The number of fused-ring (bicyclic) bond motifs is 9. The molecule has 0 spiro atoms. The molecule has 6 rings (SSSR count). The molecule has 2 unspecified atom stereocenters. The van der Waals surface area contributed by atoms with Gasteiger partial charge in [0, 0.05) is 11.1 Å². The Labute approximate surface area is 175 Å². The summed E-state index contributed by atoms with van der Waals surface area (Å²) in [6.45, 7) is 0.